The largest absolute Gasteiger partial charge is 0.394 e. The molecule has 0 spiro atoms. The minimum absolute atomic E-state index is 0.0111. The summed E-state index contributed by atoms with van der Waals surface area (Å²) < 4.78 is 32.4. The molecule has 0 bridgehead atoms. The van der Waals surface area contributed by atoms with Gasteiger partial charge in [0.2, 0.25) is 0 Å². The highest BCUT2D eigenvalue weighted by atomic mass is 16.8. The molecule has 13 unspecified atom stereocenters. The predicted molar refractivity (Wildman–Crippen MR) is 114 cm³/mol. The minimum atomic E-state index is -1.90. The molecule has 0 aromatic rings. The summed E-state index contributed by atoms with van der Waals surface area (Å²) in [6.07, 6.45) is -24.2. The number of rotatable bonds is 10. The summed E-state index contributed by atoms with van der Waals surface area (Å²) in [6.45, 7) is -2.16. The SMILES string of the molecule is NCCO[C@@H]1O[C@@H](CO)C(OC2OC(CO)C(OC3OC(CO)C(O)C(O)C3O)C(O)C2O)C(O)C1O. The van der Waals surface area contributed by atoms with Crippen LogP contribution >= 0.6 is 0 Å². The Morgan fingerprint density at radius 3 is 1.38 bits per heavy atom. The van der Waals surface area contributed by atoms with Gasteiger partial charge in [0.1, 0.15) is 73.2 Å². The van der Waals surface area contributed by atoms with E-state index in [2.05, 4.69) is 0 Å². The van der Waals surface area contributed by atoms with Crippen LogP contribution in [0, 0.1) is 0 Å². The fraction of sp³-hybridized carbons (Fsp3) is 1.00. The van der Waals surface area contributed by atoms with Gasteiger partial charge in [0, 0.05) is 6.54 Å². The maximum Gasteiger partial charge on any atom is 0.187 e. The highest BCUT2D eigenvalue weighted by molar-refractivity contribution is 4.96. The molecule has 0 aromatic carbocycles. The lowest BCUT2D eigenvalue weighted by Crippen LogP contribution is -2.66. The number of hydrogen-bond donors (Lipinski definition) is 11. The summed E-state index contributed by atoms with van der Waals surface area (Å²) in [5.41, 5.74) is 5.35. The van der Waals surface area contributed by atoms with E-state index in [1.807, 2.05) is 0 Å². The highest BCUT2D eigenvalue weighted by Crippen LogP contribution is 2.32. The van der Waals surface area contributed by atoms with Crippen LogP contribution in [0.3, 0.4) is 0 Å². The van der Waals surface area contributed by atoms with Gasteiger partial charge in [-0.15, -0.1) is 0 Å². The van der Waals surface area contributed by atoms with Crippen molar-refractivity contribution in [3.8, 4) is 0 Å². The summed E-state index contributed by atoms with van der Waals surface area (Å²) in [7, 11) is 0. The van der Waals surface area contributed by atoms with E-state index >= 15 is 0 Å². The lowest BCUT2D eigenvalue weighted by atomic mass is 9.96. The Hall–Kier alpha value is -0.680. The van der Waals surface area contributed by atoms with Crippen molar-refractivity contribution >= 4 is 0 Å². The molecule has 0 radical (unpaired) electrons. The average Bonchev–Trinajstić information content (AvgIpc) is 2.90. The first kappa shape index (κ1) is 30.9. The van der Waals surface area contributed by atoms with E-state index < -0.39 is 112 Å². The topological polar surface area (TPSA) is 284 Å². The van der Waals surface area contributed by atoms with Gasteiger partial charge in [-0.1, -0.05) is 0 Å². The third kappa shape index (κ3) is 6.56. The Morgan fingerprint density at radius 1 is 0.514 bits per heavy atom. The molecule has 15 atom stereocenters. The van der Waals surface area contributed by atoms with Crippen LogP contribution in [0.15, 0.2) is 0 Å². The van der Waals surface area contributed by atoms with E-state index in [1.54, 1.807) is 0 Å². The third-order valence-corrected chi connectivity index (χ3v) is 6.47. The van der Waals surface area contributed by atoms with Crippen LogP contribution in [-0.4, -0.2) is 176 Å². The van der Waals surface area contributed by atoms with E-state index in [0.717, 1.165) is 0 Å². The number of hydrogen-bond acceptors (Lipinski definition) is 17. The molecule has 3 aliphatic heterocycles. The van der Waals surface area contributed by atoms with E-state index in [1.165, 1.54) is 0 Å². The smallest absolute Gasteiger partial charge is 0.187 e. The zero-order chi connectivity index (χ0) is 27.4. The Morgan fingerprint density at radius 2 is 0.919 bits per heavy atom. The molecule has 3 rings (SSSR count). The molecule has 3 aliphatic rings. The molecule has 37 heavy (non-hydrogen) atoms. The lowest BCUT2D eigenvalue weighted by Gasteiger charge is -2.48. The Labute approximate surface area is 211 Å². The van der Waals surface area contributed by atoms with Gasteiger partial charge in [-0.3, -0.25) is 0 Å². The zero-order valence-electron chi connectivity index (χ0n) is 19.7. The molecular formula is C20H37NO16. The van der Waals surface area contributed by atoms with Gasteiger partial charge in [0.25, 0.3) is 0 Å². The quantitative estimate of drug-likeness (QED) is 0.121. The Balaban J connectivity index is 1.70. The molecule has 17 nitrogen and oxygen atoms in total. The van der Waals surface area contributed by atoms with Gasteiger partial charge in [0.05, 0.1) is 26.4 Å². The maximum atomic E-state index is 10.7. The van der Waals surface area contributed by atoms with Crippen molar-refractivity contribution < 1.29 is 79.5 Å². The molecule has 17 heteroatoms. The van der Waals surface area contributed by atoms with Crippen molar-refractivity contribution in [3.05, 3.63) is 0 Å². The van der Waals surface area contributed by atoms with Crippen LogP contribution < -0.4 is 5.73 Å². The number of ether oxygens (including phenoxy) is 6. The normalized spacial score (nSPS) is 49.2. The molecule has 0 aromatic heterocycles. The van der Waals surface area contributed by atoms with Crippen molar-refractivity contribution in [1.29, 1.82) is 0 Å². The summed E-state index contributed by atoms with van der Waals surface area (Å²) >= 11 is 0. The highest BCUT2D eigenvalue weighted by Gasteiger charge is 2.53. The van der Waals surface area contributed by atoms with Gasteiger partial charge < -0.3 is 85.2 Å². The number of aliphatic hydroxyl groups is 10. The summed E-state index contributed by atoms with van der Waals surface area (Å²) in [4.78, 5) is 0. The fourth-order valence-corrected chi connectivity index (χ4v) is 4.37. The first-order chi connectivity index (χ1) is 17.6. The van der Waals surface area contributed by atoms with Crippen LogP contribution in [0.5, 0.6) is 0 Å². The second kappa shape index (κ2) is 13.6. The molecule has 0 aliphatic carbocycles. The van der Waals surface area contributed by atoms with E-state index in [0.29, 0.717) is 0 Å². The van der Waals surface area contributed by atoms with Crippen molar-refractivity contribution in [1.82, 2.24) is 0 Å². The second-order valence-corrected chi connectivity index (χ2v) is 8.97. The van der Waals surface area contributed by atoms with Crippen molar-refractivity contribution in [3.63, 3.8) is 0 Å². The molecule has 0 amide bonds. The van der Waals surface area contributed by atoms with E-state index in [-0.39, 0.29) is 13.2 Å². The zero-order valence-corrected chi connectivity index (χ0v) is 19.7. The molecule has 3 saturated heterocycles. The molecular weight excluding hydrogens is 510 g/mol. The van der Waals surface area contributed by atoms with Gasteiger partial charge >= 0.3 is 0 Å². The summed E-state index contributed by atoms with van der Waals surface area (Å²) in [5.74, 6) is 0. The van der Waals surface area contributed by atoms with E-state index in [9.17, 15) is 51.1 Å². The van der Waals surface area contributed by atoms with Gasteiger partial charge in [-0.25, -0.2) is 0 Å². The van der Waals surface area contributed by atoms with Crippen LogP contribution in [0.25, 0.3) is 0 Å². The van der Waals surface area contributed by atoms with Gasteiger partial charge in [-0.2, -0.15) is 0 Å². The van der Waals surface area contributed by atoms with Gasteiger partial charge in [0.15, 0.2) is 18.9 Å². The van der Waals surface area contributed by atoms with Gasteiger partial charge in [-0.05, 0) is 0 Å². The Kier molecular flexibility index (Phi) is 11.3. The molecule has 12 N–H and O–H groups in total. The monoisotopic (exact) mass is 547 g/mol. The van der Waals surface area contributed by atoms with Crippen molar-refractivity contribution in [2.45, 2.75) is 92.1 Å². The van der Waals surface area contributed by atoms with Crippen molar-refractivity contribution in [2.24, 2.45) is 5.73 Å². The van der Waals surface area contributed by atoms with Crippen LogP contribution in [0.1, 0.15) is 0 Å². The molecule has 218 valence electrons. The molecule has 0 saturated carbocycles. The maximum absolute atomic E-state index is 10.7. The minimum Gasteiger partial charge on any atom is -0.394 e. The third-order valence-electron chi connectivity index (χ3n) is 6.47. The summed E-state index contributed by atoms with van der Waals surface area (Å²) in [5, 5.41) is 101. The molecule has 3 fully saturated rings. The van der Waals surface area contributed by atoms with Crippen LogP contribution in [0.2, 0.25) is 0 Å². The van der Waals surface area contributed by atoms with Crippen molar-refractivity contribution in [2.75, 3.05) is 33.0 Å². The molecule has 3 heterocycles. The number of aliphatic hydroxyl groups excluding tert-OH is 10. The Bertz CT molecular complexity index is 687. The first-order valence-corrected chi connectivity index (χ1v) is 11.8. The van der Waals surface area contributed by atoms with Crippen LogP contribution in [0.4, 0.5) is 0 Å². The predicted octanol–water partition coefficient (Wildman–Crippen LogP) is -7.59. The average molecular weight is 548 g/mol. The number of nitrogens with two attached hydrogens (primary N) is 1. The van der Waals surface area contributed by atoms with E-state index in [4.69, 9.17) is 34.2 Å². The first-order valence-electron chi connectivity index (χ1n) is 11.8. The van der Waals surface area contributed by atoms with Crippen LogP contribution in [-0.2, 0) is 28.4 Å². The standard InChI is InChI=1S/C20H37NO16/c21-1-2-32-18-14(30)11(27)16(7(4-23)34-18)37-20-15(31)12(28)17(8(5-24)35-20)36-19-13(29)10(26)9(25)6(3-22)33-19/h6-20,22-31H,1-5,21H2/t6?,7-,8?,9?,10?,11?,12?,13?,14?,15?,16?,17?,18+,19?,20?/m0/s1. The summed E-state index contributed by atoms with van der Waals surface area (Å²) in [6, 6.07) is 0. The lowest BCUT2D eigenvalue weighted by molar-refractivity contribution is -0.379. The second-order valence-electron chi connectivity index (χ2n) is 8.97. The fourth-order valence-electron chi connectivity index (χ4n) is 4.37.